The van der Waals surface area contributed by atoms with Crippen LogP contribution < -0.4 is 26.6 Å². The van der Waals surface area contributed by atoms with Gasteiger partial charge >= 0.3 is 6.03 Å². The number of carbonyl (C=O) groups excluding carboxylic acids is 2. The number of nitrogens with one attached hydrogen (secondary N) is 3. The minimum absolute atomic E-state index is 0.0726. The Morgan fingerprint density at radius 3 is 2.70 bits per heavy atom. The number of aliphatic imine (C=N–C) groups is 1. The maximum absolute atomic E-state index is 12.4. The maximum Gasteiger partial charge on any atom is 0.326 e. The topological polar surface area (TPSA) is 156 Å². The highest BCUT2D eigenvalue weighted by molar-refractivity contribution is 6.00. The second-order valence-corrected chi connectivity index (χ2v) is 8.67. The van der Waals surface area contributed by atoms with Crippen molar-refractivity contribution in [3.05, 3.63) is 54.0 Å². The van der Waals surface area contributed by atoms with Gasteiger partial charge in [0.1, 0.15) is 12.4 Å². The van der Waals surface area contributed by atoms with E-state index in [0.29, 0.717) is 31.0 Å². The van der Waals surface area contributed by atoms with Gasteiger partial charge in [0.25, 0.3) is 5.91 Å². The van der Waals surface area contributed by atoms with Gasteiger partial charge in [0.05, 0.1) is 18.8 Å². The fraction of sp³-hybridized carbons (Fsp3) is 0.400. The quantitative estimate of drug-likeness (QED) is 0.340. The van der Waals surface area contributed by atoms with Crippen LogP contribution in [0.3, 0.4) is 0 Å². The number of ether oxygens (including phenoxy) is 2. The zero-order valence-electron chi connectivity index (χ0n) is 20.8. The molecule has 2 aromatic rings. The highest BCUT2D eigenvalue weighted by Crippen LogP contribution is 2.20. The Morgan fingerprint density at radius 1 is 1.16 bits per heavy atom. The van der Waals surface area contributed by atoms with Crippen molar-refractivity contribution < 1.29 is 19.1 Å². The highest BCUT2D eigenvalue weighted by Gasteiger charge is 2.20. The lowest BCUT2D eigenvalue weighted by atomic mass is 10.0. The predicted molar refractivity (Wildman–Crippen MR) is 141 cm³/mol. The van der Waals surface area contributed by atoms with E-state index in [9.17, 15) is 9.59 Å². The van der Waals surface area contributed by atoms with E-state index >= 15 is 0 Å². The van der Waals surface area contributed by atoms with Crippen LogP contribution in [-0.4, -0.2) is 73.3 Å². The van der Waals surface area contributed by atoms with E-state index in [0.717, 1.165) is 37.3 Å². The molecule has 1 atom stereocenters. The van der Waals surface area contributed by atoms with Crippen LogP contribution in [0.1, 0.15) is 25.3 Å². The minimum atomic E-state index is -0.500. The Labute approximate surface area is 215 Å². The fourth-order valence-corrected chi connectivity index (χ4v) is 3.93. The molecule has 4 rings (SSSR count). The number of carbonyl (C=O) groups is 2. The lowest BCUT2D eigenvalue weighted by Gasteiger charge is -2.26. The summed E-state index contributed by atoms with van der Waals surface area (Å²) >= 11 is 0. The molecule has 0 spiro atoms. The molecule has 2 aliphatic heterocycles. The van der Waals surface area contributed by atoms with Crippen molar-refractivity contribution in [3.8, 4) is 0 Å². The first-order valence-corrected chi connectivity index (χ1v) is 12.2. The third-order valence-electron chi connectivity index (χ3n) is 5.97. The molecule has 2 fully saturated rings. The molecule has 37 heavy (non-hydrogen) atoms. The Balaban J connectivity index is 1.29. The zero-order chi connectivity index (χ0) is 26.0. The third-order valence-corrected chi connectivity index (χ3v) is 5.97. The third kappa shape index (κ3) is 7.56. The van der Waals surface area contributed by atoms with Crippen LogP contribution in [0.2, 0.25) is 0 Å². The number of rotatable bonds is 6. The lowest BCUT2D eigenvalue weighted by Crippen LogP contribution is -2.41. The normalized spacial score (nSPS) is 19.6. The smallest absolute Gasteiger partial charge is 0.326 e. The van der Waals surface area contributed by atoms with E-state index in [2.05, 4.69) is 30.9 Å². The summed E-state index contributed by atoms with van der Waals surface area (Å²) in [7, 11) is 0. The minimum Gasteiger partial charge on any atom is -0.383 e. The summed E-state index contributed by atoms with van der Waals surface area (Å²) in [6.07, 6.45) is 6.73. The molecule has 1 aromatic heterocycles. The van der Waals surface area contributed by atoms with Crippen LogP contribution in [0, 0.1) is 0 Å². The van der Waals surface area contributed by atoms with Crippen molar-refractivity contribution in [1.82, 2.24) is 15.3 Å². The van der Waals surface area contributed by atoms with Gasteiger partial charge in [0, 0.05) is 55.7 Å². The molecule has 1 aromatic carbocycles. The SMILES string of the molecule is C/C(=C/N=C(N)c1cnc(NC(=O)Nc2ccc(N3CCOCC3=O)cc2)nc1)C1CCCOCCN1. The van der Waals surface area contributed by atoms with Gasteiger partial charge in [-0.15, -0.1) is 0 Å². The summed E-state index contributed by atoms with van der Waals surface area (Å²) in [5, 5.41) is 8.75. The number of amidine groups is 1. The largest absolute Gasteiger partial charge is 0.383 e. The Hall–Kier alpha value is -3.87. The van der Waals surface area contributed by atoms with E-state index in [1.807, 2.05) is 6.92 Å². The predicted octanol–water partition coefficient (Wildman–Crippen LogP) is 1.86. The van der Waals surface area contributed by atoms with Crippen LogP contribution in [0.5, 0.6) is 0 Å². The Bertz CT molecular complexity index is 1130. The first kappa shape index (κ1) is 26.2. The average molecular weight is 509 g/mol. The molecular weight excluding hydrogens is 476 g/mol. The molecule has 3 amide bonds. The zero-order valence-corrected chi connectivity index (χ0v) is 20.8. The molecule has 5 N–H and O–H groups in total. The van der Waals surface area contributed by atoms with E-state index in [-0.39, 0.29) is 30.3 Å². The van der Waals surface area contributed by atoms with Crippen molar-refractivity contribution in [1.29, 1.82) is 0 Å². The number of morpholine rings is 1. The van der Waals surface area contributed by atoms with E-state index in [1.165, 1.54) is 12.4 Å². The van der Waals surface area contributed by atoms with E-state index in [1.54, 1.807) is 35.4 Å². The van der Waals surface area contributed by atoms with Crippen LogP contribution in [0.4, 0.5) is 22.1 Å². The summed E-state index contributed by atoms with van der Waals surface area (Å²) in [6, 6.07) is 6.71. The van der Waals surface area contributed by atoms with Crippen LogP contribution in [-0.2, 0) is 14.3 Å². The summed E-state index contributed by atoms with van der Waals surface area (Å²) in [4.78, 5) is 38.7. The first-order valence-electron chi connectivity index (χ1n) is 12.2. The number of benzene rings is 1. The molecule has 12 heteroatoms. The van der Waals surface area contributed by atoms with Crippen molar-refractivity contribution in [2.24, 2.45) is 10.7 Å². The monoisotopic (exact) mass is 508 g/mol. The standard InChI is InChI=1S/C25H32N8O4/c1-17(21-3-2-10-36-11-8-27-21)13-28-23(26)18-14-29-24(30-15-18)32-25(35)31-19-4-6-20(7-5-19)33-9-12-37-16-22(33)34/h4-7,13-15,21,27H,2-3,8-12,16H2,1H3,(H2,26,28)(H2,29,30,31,32,35)/b17-13-. The van der Waals surface area contributed by atoms with Crippen molar-refractivity contribution >= 4 is 35.1 Å². The summed E-state index contributed by atoms with van der Waals surface area (Å²) < 4.78 is 10.6. The highest BCUT2D eigenvalue weighted by atomic mass is 16.5. The molecule has 2 aliphatic rings. The molecule has 2 saturated heterocycles. The molecule has 0 aliphatic carbocycles. The van der Waals surface area contributed by atoms with Gasteiger partial charge < -0.3 is 30.7 Å². The fourth-order valence-electron chi connectivity index (χ4n) is 3.93. The summed E-state index contributed by atoms with van der Waals surface area (Å²) in [5.41, 5.74) is 9.05. The Kier molecular flexibility index (Phi) is 9.13. The maximum atomic E-state index is 12.4. The van der Waals surface area contributed by atoms with Gasteiger partial charge in [-0.05, 0) is 49.6 Å². The number of nitrogens with zero attached hydrogens (tertiary/aromatic N) is 4. The second-order valence-electron chi connectivity index (χ2n) is 8.67. The van der Waals surface area contributed by atoms with Gasteiger partial charge in [-0.1, -0.05) is 0 Å². The molecule has 196 valence electrons. The lowest BCUT2D eigenvalue weighted by molar-refractivity contribution is -0.125. The molecule has 0 radical (unpaired) electrons. The van der Waals surface area contributed by atoms with Crippen molar-refractivity contribution in [2.75, 3.05) is 55.1 Å². The van der Waals surface area contributed by atoms with Crippen LogP contribution in [0.25, 0.3) is 0 Å². The van der Waals surface area contributed by atoms with Gasteiger partial charge in [-0.25, -0.2) is 19.8 Å². The van der Waals surface area contributed by atoms with Gasteiger partial charge in [0.15, 0.2) is 0 Å². The van der Waals surface area contributed by atoms with Crippen molar-refractivity contribution in [3.63, 3.8) is 0 Å². The number of hydrogen-bond acceptors (Lipinski definition) is 8. The van der Waals surface area contributed by atoms with Crippen LogP contribution in [0.15, 0.2) is 53.4 Å². The number of aromatic nitrogens is 2. The van der Waals surface area contributed by atoms with Gasteiger partial charge in [0.2, 0.25) is 5.95 Å². The average Bonchev–Trinajstić information content (AvgIpc) is 2.88. The van der Waals surface area contributed by atoms with Crippen LogP contribution >= 0.6 is 0 Å². The van der Waals surface area contributed by atoms with E-state index < -0.39 is 6.03 Å². The summed E-state index contributed by atoms with van der Waals surface area (Å²) in [5.74, 6) is 0.310. The molecule has 0 bridgehead atoms. The second kappa shape index (κ2) is 12.9. The number of anilines is 3. The van der Waals surface area contributed by atoms with Gasteiger partial charge in [-0.3, -0.25) is 10.1 Å². The molecule has 3 heterocycles. The molecule has 0 saturated carbocycles. The van der Waals surface area contributed by atoms with Crippen molar-refractivity contribution in [2.45, 2.75) is 25.8 Å². The number of amides is 3. The number of urea groups is 1. The Morgan fingerprint density at radius 2 is 1.95 bits per heavy atom. The number of hydrogen-bond donors (Lipinski definition) is 4. The van der Waals surface area contributed by atoms with E-state index in [4.69, 9.17) is 15.2 Å². The molecular formula is C25H32N8O4. The molecule has 12 nitrogen and oxygen atoms in total. The first-order chi connectivity index (χ1) is 18.0. The number of nitrogens with two attached hydrogens (primary N) is 1. The summed E-state index contributed by atoms with van der Waals surface area (Å²) in [6.45, 7) is 5.36. The molecule has 1 unspecified atom stereocenters. The van der Waals surface area contributed by atoms with Gasteiger partial charge in [-0.2, -0.15) is 0 Å².